The van der Waals surface area contributed by atoms with Crippen LogP contribution in [-0.2, 0) is 48.8 Å². The van der Waals surface area contributed by atoms with Gasteiger partial charge in [0.05, 0.1) is 40.3 Å². The molecule has 0 aromatic carbocycles. The normalized spacial score (nSPS) is 18.4. The Bertz CT molecular complexity index is 2140. The van der Waals surface area contributed by atoms with E-state index >= 15 is 0 Å². The predicted molar refractivity (Wildman–Crippen MR) is 294 cm³/mol. The Labute approximate surface area is 442 Å². The van der Waals surface area contributed by atoms with Crippen LogP contribution in [0.2, 0.25) is 10.0 Å². The van der Waals surface area contributed by atoms with Crippen molar-refractivity contribution in [3.05, 3.63) is 44.8 Å². The maximum Gasteiger partial charge on any atom is 0.224 e. The number of morpholine rings is 1. The van der Waals surface area contributed by atoms with Crippen LogP contribution in [0.15, 0.2) is 20.8 Å². The Hall–Kier alpha value is -3.07. The number of hydrogen-bond acceptors (Lipinski definition) is 15. The zero-order valence-electron chi connectivity index (χ0n) is 46.9. The summed E-state index contributed by atoms with van der Waals surface area (Å²) >= 11 is 14.7. The van der Waals surface area contributed by atoms with Crippen molar-refractivity contribution in [1.29, 1.82) is 0 Å². The highest BCUT2D eigenvalue weighted by Crippen LogP contribution is 2.31. The molecule has 4 aromatic heterocycles. The van der Waals surface area contributed by atoms with E-state index < -0.39 is 0 Å². The van der Waals surface area contributed by atoms with Crippen molar-refractivity contribution in [1.82, 2.24) is 64.4 Å². The quantitative estimate of drug-likeness (QED) is 0.0815. The number of piperazine rings is 1. The van der Waals surface area contributed by atoms with Crippen molar-refractivity contribution in [2.24, 2.45) is 5.16 Å². The van der Waals surface area contributed by atoms with Crippen LogP contribution < -0.4 is 5.32 Å². The van der Waals surface area contributed by atoms with Crippen molar-refractivity contribution in [2.75, 3.05) is 59.3 Å². The first kappa shape index (κ1) is 62.2. The van der Waals surface area contributed by atoms with Crippen LogP contribution in [0.4, 0.5) is 0 Å². The number of aromatic nitrogens is 8. The van der Waals surface area contributed by atoms with Crippen LogP contribution in [-0.4, -0.2) is 160 Å². The third-order valence-corrected chi connectivity index (χ3v) is 14.1. The molecule has 8 heterocycles. The van der Waals surface area contributed by atoms with Crippen molar-refractivity contribution < 1.29 is 14.1 Å². The molecule has 2 fully saturated rings. The molecule has 0 aliphatic carbocycles. The number of hydrogen-bond donors (Lipinski definition) is 1. The molecule has 4 aromatic rings. The molecule has 2 saturated heterocycles. The largest absolute Gasteiger partial charge is 0.399 e. The first-order chi connectivity index (χ1) is 34.0. The van der Waals surface area contributed by atoms with Gasteiger partial charge in [-0.1, -0.05) is 68.1 Å². The summed E-state index contributed by atoms with van der Waals surface area (Å²) in [5, 5.41) is 27.5. The van der Waals surface area contributed by atoms with E-state index in [9.17, 15) is 0 Å². The minimum atomic E-state index is 0.462. The van der Waals surface area contributed by atoms with Crippen LogP contribution >= 0.6 is 35.0 Å². The molecule has 20 heteroatoms. The molecule has 0 saturated carbocycles. The van der Waals surface area contributed by atoms with Gasteiger partial charge in [0.1, 0.15) is 23.5 Å². The van der Waals surface area contributed by atoms with Crippen molar-refractivity contribution in [3.8, 4) is 11.5 Å². The van der Waals surface area contributed by atoms with Crippen LogP contribution in [0.3, 0.4) is 0 Å². The van der Waals surface area contributed by atoms with E-state index in [0.717, 1.165) is 120 Å². The van der Waals surface area contributed by atoms with Crippen molar-refractivity contribution in [2.45, 2.75) is 204 Å². The molecule has 71 heavy (non-hydrogen) atoms. The van der Waals surface area contributed by atoms with Crippen LogP contribution in [0.25, 0.3) is 11.5 Å². The van der Waals surface area contributed by atoms with E-state index in [0.29, 0.717) is 69.4 Å². The minimum Gasteiger partial charge on any atom is -0.399 e. The van der Waals surface area contributed by atoms with E-state index in [1.165, 1.54) is 12.8 Å². The fourth-order valence-corrected chi connectivity index (χ4v) is 9.74. The molecular formula is C51H92Cl2N14O3S. The number of aryl methyl sites for hydroxylation is 4. The second-order valence-electron chi connectivity index (χ2n) is 18.8. The Balaban J connectivity index is 0.000000248. The van der Waals surface area contributed by atoms with Gasteiger partial charge in [0.2, 0.25) is 11.7 Å². The van der Waals surface area contributed by atoms with E-state index in [-0.39, 0.29) is 0 Å². The van der Waals surface area contributed by atoms with Gasteiger partial charge in [-0.2, -0.15) is 20.3 Å². The Morgan fingerprint density at radius 2 is 1.38 bits per heavy atom. The Morgan fingerprint density at radius 3 is 1.85 bits per heavy atom. The lowest BCUT2D eigenvalue weighted by Crippen LogP contribution is -2.63. The fraction of sp³-hybridized carbons (Fsp3) is 0.765. The molecule has 0 amide bonds. The minimum absolute atomic E-state index is 0.462. The number of nitrogens with zero attached hydrogens (tertiary/aromatic N) is 13. The third kappa shape index (κ3) is 18.1. The molecule has 2 bridgehead atoms. The lowest BCUT2D eigenvalue weighted by atomic mass is 10.1. The molecule has 2 atom stereocenters. The summed E-state index contributed by atoms with van der Waals surface area (Å²) in [6.07, 6.45) is 4.23. The van der Waals surface area contributed by atoms with Gasteiger partial charge in [0.25, 0.3) is 0 Å². The maximum atomic E-state index is 6.50. The van der Waals surface area contributed by atoms with Gasteiger partial charge in [0.15, 0.2) is 5.69 Å². The summed E-state index contributed by atoms with van der Waals surface area (Å²) in [5.41, 5.74) is 5.49. The molecule has 2 unspecified atom stereocenters. The van der Waals surface area contributed by atoms with Gasteiger partial charge >= 0.3 is 0 Å². The average Bonchev–Trinajstić information content (AvgIpc) is 4.04. The van der Waals surface area contributed by atoms with E-state index in [2.05, 4.69) is 142 Å². The molecule has 17 nitrogen and oxygen atoms in total. The van der Waals surface area contributed by atoms with E-state index in [1.54, 1.807) is 18.7 Å². The SMILES string of the molecule is CC.CC.CC(C)N1CC2COCC(C1)N2.CCN(Cc1cc(SC)nn1CC)C(C)C.CO/N=C(\C)c1nn2c(c1Cl)CN(C(C)C)CCC2.Cc1nc(-c2nn3c(c2Cl)CN(C(C)C)CCC3)no1. The maximum absolute atomic E-state index is 6.50. The fourth-order valence-electron chi connectivity index (χ4n) is 8.70. The number of oxime groups is 1. The Kier molecular flexibility index (Phi) is 27.7. The highest BCUT2D eigenvalue weighted by atomic mass is 35.5. The van der Waals surface area contributed by atoms with Gasteiger partial charge in [-0.05, 0) is 101 Å². The number of ether oxygens (including phenoxy) is 1. The number of halogens is 2. The van der Waals surface area contributed by atoms with Crippen molar-refractivity contribution in [3.63, 3.8) is 0 Å². The highest BCUT2D eigenvalue weighted by molar-refractivity contribution is 7.98. The summed E-state index contributed by atoms with van der Waals surface area (Å²) in [5.74, 6) is 0.979. The van der Waals surface area contributed by atoms with Gasteiger partial charge < -0.3 is 19.4 Å². The van der Waals surface area contributed by atoms with Crippen LogP contribution in [0.5, 0.6) is 0 Å². The second-order valence-corrected chi connectivity index (χ2v) is 20.4. The zero-order valence-corrected chi connectivity index (χ0v) is 49.2. The van der Waals surface area contributed by atoms with E-state index in [1.807, 2.05) is 44.0 Å². The molecule has 8 rings (SSSR count). The van der Waals surface area contributed by atoms with Gasteiger partial charge in [-0.25, -0.2) is 0 Å². The average molecular weight is 1050 g/mol. The topological polar surface area (TPSA) is 148 Å². The first-order valence-corrected chi connectivity index (χ1v) is 28.3. The molecule has 1 N–H and O–H groups in total. The molecule has 0 radical (unpaired) electrons. The third-order valence-electron chi connectivity index (χ3n) is 12.7. The summed E-state index contributed by atoms with van der Waals surface area (Å²) in [7, 11) is 1.53. The van der Waals surface area contributed by atoms with Gasteiger partial charge in [0, 0.05) is 109 Å². The van der Waals surface area contributed by atoms with Crippen LogP contribution in [0, 0.1) is 6.92 Å². The van der Waals surface area contributed by atoms with Gasteiger partial charge in [-0.15, -0.1) is 11.8 Å². The lowest BCUT2D eigenvalue weighted by molar-refractivity contribution is -0.0145. The molecule has 0 spiro atoms. The lowest BCUT2D eigenvalue weighted by Gasteiger charge is -2.43. The summed E-state index contributed by atoms with van der Waals surface area (Å²) in [6.45, 7) is 46.5. The predicted octanol–water partition coefficient (Wildman–Crippen LogP) is 10.0. The molecule has 4 aliphatic rings. The molecule has 4 aliphatic heterocycles. The monoisotopic (exact) mass is 1050 g/mol. The Morgan fingerprint density at radius 1 is 0.831 bits per heavy atom. The zero-order chi connectivity index (χ0) is 52.9. The van der Waals surface area contributed by atoms with Gasteiger partial charge in [-0.3, -0.25) is 33.6 Å². The summed E-state index contributed by atoms with van der Waals surface area (Å²) < 4.78 is 16.6. The molecular weight excluding hydrogens is 960 g/mol. The molecule has 404 valence electrons. The smallest absolute Gasteiger partial charge is 0.224 e. The second kappa shape index (κ2) is 31.6. The standard InChI is InChI=1S/C13H18ClN5O.C13H21ClN4O.C12H23N3S.C9H18N2O.2C2H6/c1-8(2)18-5-4-6-19-10(7-18)11(14)12(16-19)13-15-9(3)20-17-13;1-9(2)17-6-5-7-18-11(8-17)12(14)13(15-18)10(3)16-19-4;1-6-14(10(3)4)9-11-8-12(16-5)13-15(11)7-2;1-7(2)11-3-8-5-12-6-9(4-11)10-8;2*1-2/h8H,4-7H2,1-3H3;9H,5-8H2,1-4H3;8,10H,6-7,9H2,1-5H3;7-10H,3-6H2,1-2H3;2*1-2H3/b;16-10+;;;;. The highest BCUT2D eigenvalue weighted by Gasteiger charge is 2.31. The number of nitrogens with one attached hydrogen (secondary N) is 1. The summed E-state index contributed by atoms with van der Waals surface area (Å²) in [4.78, 5) is 18.8. The van der Waals surface area contributed by atoms with Crippen molar-refractivity contribution >= 4 is 40.7 Å². The first-order valence-electron chi connectivity index (χ1n) is 26.3. The number of thioether (sulfide) groups is 1. The number of fused-ring (bicyclic) bond motifs is 4. The van der Waals surface area contributed by atoms with Crippen LogP contribution in [0.1, 0.15) is 145 Å². The van der Waals surface area contributed by atoms with E-state index in [4.69, 9.17) is 37.3 Å². The number of rotatable bonds is 12. The summed E-state index contributed by atoms with van der Waals surface area (Å²) in [6, 6.07) is 5.61.